The van der Waals surface area contributed by atoms with Crippen molar-refractivity contribution < 1.29 is 0 Å². The van der Waals surface area contributed by atoms with Gasteiger partial charge in [0.05, 0.1) is 5.69 Å². The summed E-state index contributed by atoms with van der Waals surface area (Å²) in [6.07, 6.45) is 8.48. The quantitative estimate of drug-likeness (QED) is 0.881. The number of nitrogens with two attached hydrogens (primary N) is 1. The highest BCUT2D eigenvalue weighted by Crippen LogP contribution is 2.52. The zero-order valence-electron chi connectivity index (χ0n) is 11.4. The molecule has 2 aliphatic carbocycles. The number of aromatic nitrogens is 2. The summed E-state index contributed by atoms with van der Waals surface area (Å²) in [5.74, 6) is 3.14. The van der Waals surface area contributed by atoms with Crippen LogP contribution in [0.4, 0.5) is 5.95 Å². The standard InChI is InChI=1S/C15H22N4/c16-8-10-3-5-19(6-4-10)15-17-9-13-11-1-2-12(7-11)14(13)18-15/h9-12H,1-8,16H2. The van der Waals surface area contributed by atoms with Crippen molar-refractivity contribution in [1.82, 2.24) is 9.97 Å². The smallest absolute Gasteiger partial charge is 0.225 e. The van der Waals surface area contributed by atoms with Gasteiger partial charge >= 0.3 is 0 Å². The molecule has 4 heteroatoms. The van der Waals surface area contributed by atoms with Crippen LogP contribution in [0.25, 0.3) is 0 Å². The lowest BCUT2D eigenvalue weighted by Crippen LogP contribution is -2.37. The molecule has 2 bridgehead atoms. The monoisotopic (exact) mass is 258 g/mol. The maximum atomic E-state index is 5.75. The Kier molecular flexibility index (Phi) is 2.72. The third kappa shape index (κ3) is 1.84. The molecule has 2 fully saturated rings. The van der Waals surface area contributed by atoms with Gasteiger partial charge in [0.2, 0.25) is 5.95 Å². The average Bonchev–Trinajstić information content (AvgIpc) is 3.09. The zero-order chi connectivity index (χ0) is 12.8. The van der Waals surface area contributed by atoms with Crippen LogP contribution in [0.2, 0.25) is 0 Å². The third-order valence-corrected chi connectivity index (χ3v) is 5.33. The number of hydrogen-bond acceptors (Lipinski definition) is 4. The van der Waals surface area contributed by atoms with Crippen molar-refractivity contribution in [3.63, 3.8) is 0 Å². The van der Waals surface area contributed by atoms with E-state index in [4.69, 9.17) is 10.7 Å². The summed E-state index contributed by atoms with van der Waals surface area (Å²) in [4.78, 5) is 11.9. The molecule has 1 aliphatic heterocycles. The lowest BCUT2D eigenvalue weighted by Gasteiger charge is -2.31. The normalized spacial score (nSPS) is 29.8. The molecule has 1 saturated carbocycles. The van der Waals surface area contributed by atoms with Gasteiger partial charge in [0, 0.05) is 25.2 Å². The fraction of sp³-hybridized carbons (Fsp3) is 0.733. The summed E-state index contributed by atoms with van der Waals surface area (Å²) in [6, 6.07) is 0. The Bertz CT molecular complexity index is 479. The second-order valence-corrected chi connectivity index (χ2v) is 6.38. The van der Waals surface area contributed by atoms with E-state index in [1.807, 2.05) is 0 Å². The van der Waals surface area contributed by atoms with E-state index >= 15 is 0 Å². The van der Waals surface area contributed by atoms with Gasteiger partial charge in [-0.25, -0.2) is 9.97 Å². The fourth-order valence-corrected chi connectivity index (χ4v) is 4.07. The molecule has 2 heterocycles. The molecule has 1 aromatic heterocycles. The first-order valence-electron chi connectivity index (χ1n) is 7.67. The Morgan fingerprint density at radius 1 is 1.16 bits per heavy atom. The molecule has 0 spiro atoms. The second kappa shape index (κ2) is 4.44. The highest BCUT2D eigenvalue weighted by Gasteiger charge is 2.38. The van der Waals surface area contributed by atoms with Crippen LogP contribution in [0, 0.1) is 5.92 Å². The predicted octanol–water partition coefficient (Wildman–Crippen LogP) is 2.02. The van der Waals surface area contributed by atoms with Crippen LogP contribution >= 0.6 is 0 Å². The van der Waals surface area contributed by atoms with Crippen LogP contribution < -0.4 is 10.6 Å². The fourth-order valence-electron chi connectivity index (χ4n) is 4.07. The molecule has 1 aromatic rings. The van der Waals surface area contributed by atoms with Crippen LogP contribution in [0.1, 0.15) is 55.2 Å². The van der Waals surface area contributed by atoms with E-state index in [2.05, 4.69) is 16.1 Å². The number of hydrogen-bond donors (Lipinski definition) is 1. The first kappa shape index (κ1) is 11.6. The molecular formula is C15H22N4. The van der Waals surface area contributed by atoms with Gasteiger partial charge in [-0.2, -0.15) is 0 Å². The molecule has 0 amide bonds. The Labute approximate surface area is 114 Å². The van der Waals surface area contributed by atoms with Gasteiger partial charge in [0.15, 0.2) is 0 Å². The van der Waals surface area contributed by atoms with Crippen molar-refractivity contribution in [3.05, 3.63) is 17.5 Å². The topological polar surface area (TPSA) is 55.0 Å². The third-order valence-electron chi connectivity index (χ3n) is 5.33. The number of fused-ring (bicyclic) bond motifs is 5. The predicted molar refractivity (Wildman–Crippen MR) is 75.4 cm³/mol. The molecule has 4 nitrogen and oxygen atoms in total. The van der Waals surface area contributed by atoms with E-state index in [0.29, 0.717) is 5.92 Å². The molecule has 0 radical (unpaired) electrons. The Morgan fingerprint density at radius 2 is 1.95 bits per heavy atom. The molecule has 4 rings (SSSR count). The lowest BCUT2D eigenvalue weighted by molar-refractivity contribution is 0.411. The first-order chi connectivity index (χ1) is 9.35. The summed E-state index contributed by atoms with van der Waals surface area (Å²) in [6.45, 7) is 2.95. The maximum absolute atomic E-state index is 5.75. The van der Waals surface area contributed by atoms with Crippen LogP contribution in [0.3, 0.4) is 0 Å². The van der Waals surface area contributed by atoms with E-state index in [1.54, 1.807) is 0 Å². The molecular weight excluding hydrogens is 236 g/mol. The van der Waals surface area contributed by atoms with Crippen molar-refractivity contribution >= 4 is 5.95 Å². The average molecular weight is 258 g/mol. The Hall–Kier alpha value is -1.16. The van der Waals surface area contributed by atoms with Gasteiger partial charge in [-0.1, -0.05) is 0 Å². The van der Waals surface area contributed by atoms with E-state index < -0.39 is 0 Å². The summed E-state index contributed by atoms with van der Waals surface area (Å²) in [7, 11) is 0. The highest BCUT2D eigenvalue weighted by atomic mass is 15.3. The molecule has 19 heavy (non-hydrogen) atoms. The van der Waals surface area contributed by atoms with Crippen LogP contribution in [-0.4, -0.2) is 29.6 Å². The van der Waals surface area contributed by atoms with Crippen molar-refractivity contribution in [3.8, 4) is 0 Å². The molecule has 2 atom stereocenters. The minimum Gasteiger partial charge on any atom is -0.341 e. The van der Waals surface area contributed by atoms with Crippen LogP contribution in [0.5, 0.6) is 0 Å². The number of anilines is 1. The van der Waals surface area contributed by atoms with Gasteiger partial charge in [0.1, 0.15) is 0 Å². The van der Waals surface area contributed by atoms with Gasteiger partial charge in [0.25, 0.3) is 0 Å². The molecule has 2 unspecified atom stereocenters. The van der Waals surface area contributed by atoms with Crippen molar-refractivity contribution in [2.45, 2.75) is 43.9 Å². The van der Waals surface area contributed by atoms with Gasteiger partial charge in [-0.05, 0) is 56.0 Å². The number of piperidine rings is 1. The van der Waals surface area contributed by atoms with Gasteiger partial charge in [-0.3, -0.25) is 0 Å². The summed E-state index contributed by atoms with van der Waals surface area (Å²) in [5, 5.41) is 0. The SMILES string of the molecule is NCC1CCN(c2ncc3c(n2)C2CCC3C2)CC1. The zero-order valence-corrected chi connectivity index (χ0v) is 11.4. The molecule has 2 N–H and O–H groups in total. The molecule has 3 aliphatic rings. The van der Waals surface area contributed by atoms with Crippen LogP contribution in [0.15, 0.2) is 6.20 Å². The minimum atomic E-state index is 0.696. The van der Waals surface area contributed by atoms with E-state index in [9.17, 15) is 0 Å². The number of nitrogens with zero attached hydrogens (tertiary/aromatic N) is 3. The summed E-state index contributed by atoms with van der Waals surface area (Å²) < 4.78 is 0. The Balaban J connectivity index is 1.55. The second-order valence-electron chi connectivity index (χ2n) is 6.38. The molecule has 102 valence electrons. The maximum Gasteiger partial charge on any atom is 0.225 e. The first-order valence-corrected chi connectivity index (χ1v) is 7.67. The Morgan fingerprint density at radius 3 is 2.74 bits per heavy atom. The lowest BCUT2D eigenvalue weighted by atomic mass is 9.97. The van der Waals surface area contributed by atoms with E-state index in [-0.39, 0.29) is 0 Å². The van der Waals surface area contributed by atoms with Crippen molar-refractivity contribution in [2.75, 3.05) is 24.5 Å². The van der Waals surface area contributed by atoms with Crippen LogP contribution in [-0.2, 0) is 0 Å². The highest BCUT2D eigenvalue weighted by molar-refractivity contribution is 5.41. The molecule has 0 aromatic carbocycles. The van der Waals surface area contributed by atoms with Gasteiger partial charge in [-0.15, -0.1) is 0 Å². The van der Waals surface area contributed by atoms with Crippen molar-refractivity contribution in [2.24, 2.45) is 11.7 Å². The van der Waals surface area contributed by atoms with Gasteiger partial charge < -0.3 is 10.6 Å². The van der Waals surface area contributed by atoms with Crippen molar-refractivity contribution in [1.29, 1.82) is 0 Å². The summed E-state index contributed by atoms with van der Waals surface area (Å²) in [5.41, 5.74) is 8.56. The van der Waals surface area contributed by atoms with E-state index in [0.717, 1.165) is 37.4 Å². The minimum absolute atomic E-state index is 0.696. The number of rotatable bonds is 2. The molecule has 1 saturated heterocycles. The summed E-state index contributed by atoms with van der Waals surface area (Å²) >= 11 is 0. The van der Waals surface area contributed by atoms with E-state index in [1.165, 1.54) is 43.4 Å². The largest absolute Gasteiger partial charge is 0.341 e.